The summed E-state index contributed by atoms with van der Waals surface area (Å²) in [6.07, 6.45) is 4.52. The Labute approximate surface area is 327 Å². The number of aromatic nitrogens is 1. The molecule has 0 spiro atoms. The van der Waals surface area contributed by atoms with E-state index in [1.54, 1.807) is 4.90 Å². The van der Waals surface area contributed by atoms with Crippen molar-refractivity contribution in [3.63, 3.8) is 0 Å². The van der Waals surface area contributed by atoms with Gasteiger partial charge in [0.2, 0.25) is 11.8 Å². The number of imide groups is 1. The highest BCUT2D eigenvalue weighted by molar-refractivity contribution is 6.05. The molecule has 8 aliphatic heterocycles. The first-order valence-electron chi connectivity index (χ1n) is 20.2. The first-order valence-corrected chi connectivity index (χ1v) is 20.2. The van der Waals surface area contributed by atoms with Crippen LogP contribution in [0.3, 0.4) is 0 Å². The zero-order chi connectivity index (χ0) is 38.5. The van der Waals surface area contributed by atoms with Gasteiger partial charge < -0.3 is 14.7 Å². The van der Waals surface area contributed by atoms with Crippen LogP contribution in [-0.2, 0) is 21.5 Å². The molecule has 7 saturated heterocycles. The fourth-order valence-electron chi connectivity index (χ4n) is 10.7. The van der Waals surface area contributed by atoms with Crippen LogP contribution in [0, 0.1) is 49.9 Å². The van der Waals surface area contributed by atoms with Crippen molar-refractivity contribution in [1.82, 2.24) is 25.4 Å². The van der Waals surface area contributed by atoms with Crippen LogP contribution in [0.4, 0.5) is 5.69 Å². The molecule has 3 aromatic carbocycles. The molecule has 6 atom stereocenters. The lowest BCUT2D eigenvalue weighted by Gasteiger charge is -2.60. The number of benzene rings is 3. The van der Waals surface area contributed by atoms with Crippen molar-refractivity contribution < 1.29 is 18.9 Å². The largest absolute Gasteiger partial charge is 0.378 e. The summed E-state index contributed by atoms with van der Waals surface area (Å²) in [5, 5.41) is 25.8. The second-order valence-electron chi connectivity index (χ2n) is 17.2. The quantitative estimate of drug-likeness (QED) is 0.190. The zero-order valence-corrected chi connectivity index (χ0v) is 32.2. The third kappa shape index (κ3) is 5.67. The van der Waals surface area contributed by atoms with E-state index in [-0.39, 0.29) is 41.6 Å². The molecule has 13 rings (SSSR count). The summed E-state index contributed by atoms with van der Waals surface area (Å²) in [7, 11) is 0. The van der Waals surface area contributed by atoms with E-state index >= 15 is 0 Å². The van der Waals surface area contributed by atoms with Crippen molar-refractivity contribution in [3.8, 4) is 17.2 Å². The molecule has 11 nitrogen and oxygen atoms in total. The second-order valence-corrected chi connectivity index (χ2v) is 17.2. The first-order chi connectivity index (χ1) is 27.1. The molecule has 11 heteroatoms. The lowest BCUT2D eigenvalue weighted by molar-refractivity contribution is -0.200. The third-order valence-electron chi connectivity index (χ3n) is 13.9. The Kier molecular flexibility index (Phi) is 8.24. The van der Waals surface area contributed by atoms with Gasteiger partial charge in [0, 0.05) is 55.5 Å². The van der Waals surface area contributed by atoms with Gasteiger partial charge in [-0.15, -0.1) is 0 Å². The van der Waals surface area contributed by atoms with Gasteiger partial charge in [0.1, 0.15) is 11.8 Å². The Morgan fingerprint density at radius 3 is 2.48 bits per heavy atom. The minimum Gasteiger partial charge on any atom is -0.378 e. The van der Waals surface area contributed by atoms with Gasteiger partial charge in [-0.2, -0.15) is 5.26 Å². The molecule has 3 amide bonds. The second kappa shape index (κ2) is 13.1. The van der Waals surface area contributed by atoms with Crippen LogP contribution in [0.1, 0.15) is 100 Å². The van der Waals surface area contributed by atoms with E-state index in [0.29, 0.717) is 36.3 Å². The normalized spacial score (nSPS) is 29.1. The molecule has 2 N–H and O–H groups in total. The standard InChI is InChI=1S/C45H47N7O4/c1-25-4-5-29(40-26(2)49-56-27(40)3)19-36(25)42(47-34-9-7-33(8-10-34)45(24-46)15-16-45)41-30-14-17-52(50-21-32(41)22-50)38(20-30)28-6-11-35-31(18-28)23-51(44(35)55)37-12-13-39(53)48-43(37)54/h4-11,18-19,30,32,37-38,41-42,47H,12-17,20-23H2,1-3H3,(H,48,53,54). The summed E-state index contributed by atoms with van der Waals surface area (Å²) in [5.41, 5.74) is 10.2. The monoisotopic (exact) mass is 749 g/mol. The number of hydrazine groups is 1. The lowest BCUT2D eigenvalue weighted by Crippen LogP contribution is -2.65. The van der Waals surface area contributed by atoms with E-state index < -0.39 is 6.04 Å². The fourth-order valence-corrected chi connectivity index (χ4v) is 10.7. The smallest absolute Gasteiger partial charge is 0.255 e. The summed E-state index contributed by atoms with van der Waals surface area (Å²) < 4.78 is 5.62. The lowest BCUT2D eigenvalue weighted by atomic mass is 9.65. The highest BCUT2D eigenvalue weighted by Gasteiger charge is 2.52. The van der Waals surface area contributed by atoms with Crippen LogP contribution in [0.5, 0.6) is 0 Å². The SMILES string of the molecule is Cc1ccc(-c2c(C)noc2C)cc1C(Nc1ccc(C2(C#N)CC2)cc1)C1C2CCN(C(c3ccc4c(c3)CN(C3CCC(=O)NC3=O)C4=O)C2)N2CC1C2. The Balaban J connectivity index is 0.990. The van der Waals surface area contributed by atoms with Gasteiger partial charge in [0.15, 0.2) is 0 Å². The average molecular weight is 750 g/mol. The number of hydrogen-bond donors (Lipinski definition) is 2. The number of aryl methyl sites for hydroxylation is 3. The van der Waals surface area contributed by atoms with Crippen molar-refractivity contribution in [2.24, 2.45) is 17.8 Å². The van der Waals surface area contributed by atoms with Crippen molar-refractivity contribution in [1.29, 1.82) is 5.26 Å². The maximum atomic E-state index is 13.6. The number of fused-ring (bicyclic) bond motifs is 1. The molecule has 9 aliphatic rings. The summed E-state index contributed by atoms with van der Waals surface area (Å²) in [6.45, 7) is 9.53. The highest BCUT2D eigenvalue weighted by Crippen LogP contribution is 2.53. The molecule has 8 fully saturated rings. The number of carbonyl (C=O) groups excluding carboxylic acids is 3. The van der Waals surface area contributed by atoms with E-state index in [9.17, 15) is 19.6 Å². The van der Waals surface area contributed by atoms with E-state index in [4.69, 9.17) is 4.52 Å². The zero-order valence-electron chi connectivity index (χ0n) is 32.2. The topological polar surface area (TPSA) is 135 Å². The molecule has 1 saturated carbocycles. The molecule has 1 aromatic heterocycles. The minimum absolute atomic E-state index is 0.0364. The molecule has 4 aromatic rings. The van der Waals surface area contributed by atoms with Gasteiger partial charge in [-0.3, -0.25) is 19.7 Å². The Hall–Kier alpha value is -5.31. The number of anilines is 1. The molecular weight excluding hydrogens is 703 g/mol. The van der Waals surface area contributed by atoms with Crippen LogP contribution in [0.15, 0.2) is 65.2 Å². The maximum absolute atomic E-state index is 13.6. The van der Waals surface area contributed by atoms with Gasteiger partial charge in [0.05, 0.1) is 23.2 Å². The summed E-state index contributed by atoms with van der Waals surface area (Å²) in [6, 6.07) is 23.8. The first kappa shape index (κ1) is 35.1. The number of piperidine rings is 2. The number of carbonyl (C=O) groups is 3. The summed E-state index contributed by atoms with van der Waals surface area (Å²) >= 11 is 0. The fraction of sp³-hybridized carbons (Fsp3) is 0.444. The number of nitrogens with one attached hydrogen (secondary N) is 2. The van der Waals surface area contributed by atoms with E-state index in [0.717, 1.165) is 84.7 Å². The van der Waals surface area contributed by atoms with Crippen LogP contribution in [0.25, 0.3) is 11.1 Å². The molecule has 4 bridgehead atoms. The van der Waals surface area contributed by atoms with Crippen molar-refractivity contribution >= 4 is 23.4 Å². The maximum Gasteiger partial charge on any atom is 0.255 e. The number of nitrogens with zero attached hydrogens (tertiary/aromatic N) is 5. The van der Waals surface area contributed by atoms with Crippen molar-refractivity contribution in [3.05, 3.63) is 105 Å². The molecule has 6 unspecified atom stereocenters. The van der Waals surface area contributed by atoms with E-state index in [1.807, 2.05) is 19.9 Å². The number of nitriles is 1. The Bertz CT molecular complexity index is 2300. The number of hydrogen-bond acceptors (Lipinski definition) is 9. The van der Waals surface area contributed by atoms with Gasteiger partial charge in [0.25, 0.3) is 5.91 Å². The Morgan fingerprint density at radius 1 is 0.964 bits per heavy atom. The van der Waals surface area contributed by atoms with Crippen LogP contribution >= 0.6 is 0 Å². The average Bonchev–Trinajstić information content (AvgIpc) is 3.81. The highest BCUT2D eigenvalue weighted by atomic mass is 16.5. The third-order valence-corrected chi connectivity index (χ3v) is 13.9. The van der Waals surface area contributed by atoms with Crippen LogP contribution < -0.4 is 10.6 Å². The van der Waals surface area contributed by atoms with Crippen LogP contribution in [-0.4, -0.2) is 63.5 Å². The van der Waals surface area contributed by atoms with E-state index in [1.165, 1.54) is 16.7 Å². The number of amides is 3. The van der Waals surface area contributed by atoms with Crippen molar-refractivity contribution in [2.75, 3.05) is 25.0 Å². The molecular formula is C45H47N7O4. The van der Waals surface area contributed by atoms with Gasteiger partial charge in [-0.05, 0) is 128 Å². The molecule has 1 aliphatic carbocycles. The molecule has 9 heterocycles. The Morgan fingerprint density at radius 2 is 1.77 bits per heavy atom. The summed E-state index contributed by atoms with van der Waals surface area (Å²) in [5.74, 6) is 1.31. The van der Waals surface area contributed by atoms with Crippen molar-refractivity contribution in [2.45, 2.75) is 89.4 Å². The van der Waals surface area contributed by atoms with Crippen LogP contribution in [0.2, 0.25) is 0 Å². The van der Waals surface area contributed by atoms with Gasteiger partial charge in [-0.1, -0.05) is 41.6 Å². The predicted octanol–water partition coefficient (Wildman–Crippen LogP) is 6.67. The van der Waals surface area contributed by atoms with Gasteiger partial charge in [-0.25, -0.2) is 10.0 Å². The molecule has 286 valence electrons. The molecule has 56 heavy (non-hydrogen) atoms. The van der Waals surface area contributed by atoms with E-state index in [2.05, 4.69) is 93.4 Å². The molecule has 0 radical (unpaired) electrons. The summed E-state index contributed by atoms with van der Waals surface area (Å²) in [4.78, 5) is 39.8. The predicted molar refractivity (Wildman–Crippen MR) is 209 cm³/mol. The minimum atomic E-state index is -0.627. The van der Waals surface area contributed by atoms with Gasteiger partial charge >= 0.3 is 0 Å². The number of rotatable bonds is 8.